The first kappa shape index (κ1) is 16.7. The van der Waals surface area contributed by atoms with Crippen LogP contribution in [0.25, 0.3) is 0 Å². The van der Waals surface area contributed by atoms with E-state index in [2.05, 4.69) is 9.80 Å². The molecule has 23 heavy (non-hydrogen) atoms. The van der Waals surface area contributed by atoms with Crippen LogP contribution in [0.1, 0.15) is 18.4 Å². The Hall–Kier alpha value is -1.17. The van der Waals surface area contributed by atoms with E-state index in [9.17, 15) is 4.39 Å². The SMILES string of the molecule is COCCN1C[C@@H]2CC[C@H]1CN(Cc1ccc(OC)cc1F)C2. The van der Waals surface area contributed by atoms with E-state index in [1.165, 1.54) is 18.9 Å². The van der Waals surface area contributed by atoms with E-state index < -0.39 is 0 Å². The zero-order valence-corrected chi connectivity index (χ0v) is 14.1. The number of hydrogen-bond acceptors (Lipinski definition) is 4. The van der Waals surface area contributed by atoms with Gasteiger partial charge in [-0.05, 0) is 24.8 Å². The highest BCUT2D eigenvalue weighted by Gasteiger charge is 2.34. The van der Waals surface area contributed by atoms with Gasteiger partial charge in [0.05, 0.1) is 13.7 Å². The predicted octanol–water partition coefficient (Wildman–Crippen LogP) is 2.38. The second kappa shape index (κ2) is 7.60. The Balaban J connectivity index is 1.65. The summed E-state index contributed by atoms with van der Waals surface area (Å²) in [5, 5.41) is 0. The highest BCUT2D eigenvalue weighted by molar-refractivity contribution is 5.28. The molecule has 0 radical (unpaired) electrons. The maximum absolute atomic E-state index is 14.2. The van der Waals surface area contributed by atoms with Gasteiger partial charge in [-0.2, -0.15) is 0 Å². The molecule has 3 aliphatic rings. The lowest BCUT2D eigenvalue weighted by molar-refractivity contribution is 0.0867. The molecule has 0 unspecified atom stereocenters. The maximum Gasteiger partial charge on any atom is 0.131 e. The molecule has 0 aromatic heterocycles. The smallest absolute Gasteiger partial charge is 0.131 e. The van der Waals surface area contributed by atoms with E-state index >= 15 is 0 Å². The van der Waals surface area contributed by atoms with Crippen LogP contribution in [0.15, 0.2) is 18.2 Å². The summed E-state index contributed by atoms with van der Waals surface area (Å²) in [7, 11) is 3.32. The number of rotatable bonds is 6. The summed E-state index contributed by atoms with van der Waals surface area (Å²) in [6.45, 7) is 5.70. The highest BCUT2D eigenvalue weighted by Crippen LogP contribution is 2.29. The van der Waals surface area contributed by atoms with E-state index in [1.54, 1.807) is 14.2 Å². The first-order valence-corrected chi connectivity index (χ1v) is 8.47. The largest absolute Gasteiger partial charge is 0.497 e. The number of ether oxygens (including phenoxy) is 2. The van der Waals surface area contributed by atoms with Gasteiger partial charge < -0.3 is 9.47 Å². The van der Waals surface area contributed by atoms with E-state index in [-0.39, 0.29) is 5.82 Å². The Kier molecular flexibility index (Phi) is 5.51. The van der Waals surface area contributed by atoms with Gasteiger partial charge in [0.25, 0.3) is 0 Å². The van der Waals surface area contributed by atoms with Crippen LogP contribution in [0.5, 0.6) is 5.75 Å². The average molecular weight is 322 g/mol. The van der Waals surface area contributed by atoms with Crippen molar-refractivity contribution >= 4 is 0 Å². The molecule has 3 heterocycles. The molecule has 4 nitrogen and oxygen atoms in total. The number of hydrogen-bond donors (Lipinski definition) is 0. The van der Waals surface area contributed by atoms with Gasteiger partial charge in [0.2, 0.25) is 0 Å². The number of fused-ring (bicyclic) bond motifs is 4. The van der Waals surface area contributed by atoms with Crippen molar-refractivity contribution in [3.8, 4) is 5.75 Å². The average Bonchev–Trinajstić information content (AvgIpc) is 2.85. The third kappa shape index (κ3) is 4.03. The molecule has 0 amide bonds. The molecule has 3 saturated heterocycles. The molecule has 3 aliphatic heterocycles. The van der Waals surface area contributed by atoms with E-state index in [0.717, 1.165) is 38.3 Å². The zero-order valence-electron chi connectivity index (χ0n) is 14.1. The molecule has 0 saturated carbocycles. The fourth-order valence-corrected chi connectivity index (χ4v) is 3.91. The lowest BCUT2D eigenvalue weighted by Crippen LogP contribution is -2.45. The number of piperidine rings is 1. The van der Waals surface area contributed by atoms with Crippen molar-refractivity contribution in [2.45, 2.75) is 25.4 Å². The lowest BCUT2D eigenvalue weighted by Gasteiger charge is -2.35. The van der Waals surface area contributed by atoms with Crippen LogP contribution in [-0.4, -0.2) is 62.8 Å². The van der Waals surface area contributed by atoms with Crippen molar-refractivity contribution < 1.29 is 13.9 Å². The quantitative estimate of drug-likeness (QED) is 0.803. The number of halogens is 1. The third-order valence-corrected chi connectivity index (χ3v) is 5.14. The molecule has 4 rings (SSSR count). The molecule has 0 N–H and O–H groups in total. The monoisotopic (exact) mass is 322 g/mol. The molecule has 1 aromatic carbocycles. The van der Waals surface area contributed by atoms with Gasteiger partial charge >= 0.3 is 0 Å². The first-order chi connectivity index (χ1) is 11.2. The van der Waals surface area contributed by atoms with Gasteiger partial charge in [0.1, 0.15) is 11.6 Å². The van der Waals surface area contributed by atoms with Crippen molar-refractivity contribution in [3.05, 3.63) is 29.6 Å². The minimum atomic E-state index is -0.169. The molecule has 1 aromatic rings. The van der Waals surface area contributed by atoms with Crippen LogP contribution >= 0.6 is 0 Å². The van der Waals surface area contributed by atoms with Crippen molar-refractivity contribution in [1.29, 1.82) is 0 Å². The van der Waals surface area contributed by atoms with Crippen LogP contribution in [0.4, 0.5) is 4.39 Å². The normalized spacial score (nSPS) is 25.5. The van der Waals surface area contributed by atoms with E-state index in [1.807, 2.05) is 12.1 Å². The van der Waals surface area contributed by atoms with Gasteiger partial charge in [-0.3, -0.25) is 9.80 Å². The molecule has 5 heteroatoms. The molecular weight excluding hydrogens is 295 g/mol. The van der Waals surface area contributed by atoms with Crippen molar-refractivity contribution in [3.63, 3.8) is 0 Å². The molecule has 128 valence electrons. The Labute approximate surface area is 138 Å². The maximum atomic E-state index is 14.2. The summed E-state index contributed by atoms with van der Waals surface area (Å²) in [5.41, 5.74) is 0.760. The van der Waals surface area contributed by atoms with Crippen LogP contribution < -0.4 is 4.74 Å². The minimum absolute atomic E-state index is 0.169. The van der Waals surface area contributed by atoms with Crippen LogP contribution in [0.2, 0.25) is 0 Å². The summed E-state index contributed by atoms with van der Waals surface area (Å²) in [6, 6.07) is 5.75. The summed E-state index contributed by atoms with van der Waals surface area (Å²) in [4.78, 5) is 4.97. The van der Waals surface area contributed by atoms with Gasteiger partial charge in [-0.15, -0.1) is 0 Å². The van der Waals surface area contributed by atoms with E-state index in [4.69, 9.17) is 9.47 Å². The van der Waals surface area contributed by atoms with Gasteiger partial charge in [-0.25, -0.2) is 4.39 Å². The van der Waals surface area contributed by atoms with Gasteiger partial charge in [0.15, 0.2) is 0 Å². The van der Waals surface area contributed by atoms with Crippen molar-refractivity contribution in [2.24, 2.45) is 5.92 Å². The summed E-state index contributed by atoms with van der Waals surface area (Å²) in [5.74, 6) is 1.09. The number of methoxy groups -OCH3 is 2. The first-order valence-electron chi connectivity index (χ1n) is 8.47. The second-order valence-corrected chi connectivity index (χ2v) is 6.74. The fourth-order valence-electron chi connectivity index (χ4n) is 3.91. The summed E-state index contributed by atoms with van der Waals surface area (Å²) >= 11 is 0. The molecule has 0 aliphatic carbocycles. The topological polar surface area (TPSA) is 24.9 Å². The predicted molar refractivity (Wildman–Crippen MR) is 88.2 cm³/mol. The van der Waals surface area contributed by atoms with E-state index in [0.29, 0.717) is 24.3 Å². The van der Waals surface area contributed by atoms with Gasteiger partial charge in [0, 0.05) is 57.5 Å². The number of benzene rings is 1. The highest BCUT2D eigenvalue weighted by atomic mass is 19.1. The van der Waals surface area contributed by atoms with Crippen LogP contribution in [0, 0.1) is 11.7 Å². The van der Waals surface area contributed by atoms with Crippen molar-refractivity contribution in [2.75, 3.05) is 47.0 Å². The fraction of sp³-hybridized carbons (Fsp3) is 0.667. The lowest BCUT2D eigenvalue weighted by atomic mass is 9.95. The molecule has 2 atom stereocenters. The molecular formula is C18H27FN2O2. The Morgan fingerprint density at radius 2 is 2.04 bits per heavy atom. The van der Waals surface area contributed by atoms with Crippen molar-refractivity contribution in [1.82, 2.24) is 9.80 Å². The minimum Gasteiger partial charge on any atom is -0.497 e. The summed E-state index contributed by atoms with van der Waals surface area (Å²) in [6.07, 6.45) is 2.53. The van der Waals surface area contributed by atoms with Crippen LogP contribution in [-0.2, 0) is 11.3 Å². The zero-order chi connectivity index (χ0) is 16.2. The Morgan fingerprint density at radius 1 is 1.17 bits per heavy atom. The van der Waals surface area contributed by atoms with Crippen LogP contribution in [0.3, 0.4) is 0 Å². The number of nitrogens with zero attached hydrogens (tertiary/aromatic N) is 2. The molecule has 2 bridgehead atoms. The van der Waals surface area contributed by atoms with Gasteiger partial charge in [-0.1, -0.05) is 6.07 Å². The summed E-state index contributed by atoms with van der Waals surface area (Å²) < 4.78 is 24.5. The second-order valence-electron chi connectivity index (χ2n) is 6.74. The Bertz CT molecular complexity index is 526. The third-order valence-electron chi connectivity index (χ3n) is 5.14. The molecule has 3 fully saturated rings. The Morgan fingerprint density at radius 3 is 2.78 bits per heavy atom. The molecule has 0 spiro atoms. The standard InChI is InChI=1S/C18H27FN2O2/c1-22-8-7-21-11-14-3-5-16(21)13-20(10-14)12-15-4-6-17(23-2)9-18(15)19/h4,6,9,14,16H,3,5,7-8,10-13H2,1-2H3/t14-,16+/m1/s1.